The van der Waals surface area contributed by atoms with Crippen molar-refractivity contribution >= 4 is 17.5 Å². The minimum atomic E-state index is -1.58. The summed E-state index contributed by atoms with van der Waals surface area (Å²) < 4.78 is 45.8. The zero-order valence-electron chi connectivity index (χ0n) is 11.3. The maximum absolute atomic E-state index is 13.8. The lowest BCUT2D eigenvalue weighted by molar-refractivity contribution is -0.0735. The van der Waals surface area contributed by atoms with Crippen molar-refractivity contribution in [1.29, 1.82) is 0 Å². The molecule has 6 heteroatoms. The first kappa shape index (κ1) is 14.9. The summed E-state index contributed by atoms with van der Waals surface area (Å²) >= 11 is 1.78. The molecule has 2 unspecified atom stereocenters. The molecule has 114 valence electrons. The highest BCUT2D eigenvalue weighted by molar-refractivity contribution is 7.99. The fourth-order valence-corrected chi connectivity index (χ4v) is 4.43. The van der Waals surface area contributed by atoms with Gasteiger partial charge in [0, 0.05) is 18.3 Å². The maximum atomic E-state index is 13.8. The van der Waals surface area contributed by atoms with Gasteiger partial charge in [0.25, 0.3) is 0 Å². The van der Waals surface area contributed by atoms with Gasteiger partial charge in [-0.3, -0.25) is 4.79 Å². The molecule has 3 rings (SSSR count). The topological polar surface area (TPSA) is 26.3 Å². The molecule has 0 amide bonds. The lowest BCUT2D eigenvalue weighted by Crippen LogP contribution is -2.42. The third-order valence-corrected chi connectivity index (χ3v) is 5.45. The molecule has 1 spiro atoms. The number of thioether (sulfide) groups is 1. The van der Waals surface area contributed by atoms with E-state index >= 15 is 0 Å². The molecule has 2 saturated heterocycles. The van der Waals surface area contributed by atoms with Crippen LogP contribution in [0.15, 0.2) is 12.1 Å². The van der Waals surface area contributed by atoms with Crippen molar-refractivity contribution in [3.63, 3.8) is 0 Å². The predicted molar refractivity (Wildman–Crippen MR) is 74.0 cm³/mol. The lowest BCUT2D eigenvalue weighted by Gasteiger charge is -2.37. The van der Waals surface area contributed by atoms with E-state index in [-0.39, 0.29) is 11.2 Å². The molecular weight excluding hydrogens is 301 g/mol. The summed E-state index contributed by atoms with van der Waals surface area (Å²) in [6.45, 7) is 0.447. The molecule has 2 nitrogen and oxygen atoms in total. The average molecular weight is 316 g/mol. The van der Waals surface area contributed by atoms with Gasteiger partial charge in [0.1, 0.15) is 0 Å². The van der Waals surface area contributed by atoms with Crippen molar-refractivity contribution in [2.75, 3.05) is 18.1 Å². The summed E-state index contributed by atoms with van der Waals surface area (Å²) in [6, 6.07) is 1.83. The molecule has 0 aliphatic carbocycles. The smallest absolute Gasteiger partial charge is 0.195 e. The Kier molecular flexibility index (Phi) is 4.01. The number of carbonyl (C=O) groups excluding carboxylic acids is 1. The Hall–Kier alpha value is -1.01. The Bertz CT molecular complexity index is 570. The highest BCUT2D eigenvalue weighted by Crippen LogP contribution is 2.41. The predicted octanol–water partition coefficient (Wildman–Crippen LogP) is 3.59. The quantitative estimate of drug-likeness (QED) is 0.616. The third kappa shape index (κ3) is 2.71. The largest absolute Gasteiger partial charge is 0.374 e. The lowest BCUT2D eigenvalue weighted by atomic mass is 9.81. The number of hydrogen-bond acceptors (Lipinski definition) is 3. The Morgan fingerprint density at radius 1 is 1.29 bits per heavy atom. The van der Waals surface area contributed by atoms with Crippen molar-refractivity contribution in [1.82, 2.24) is 0 Å². The van der Waals surface area contributed by atoms with E-state index in [1.54, 1.807) is 11.8 Å². The average Bonchev–Trinajstić information content (AvgIpc) is 2.92. The van der Waals surface area contributed by atoms with Gasteiger partial charge in [0.2, 0.25) is 0 Å². The molecule has 2 heterocycles. The van der Waals surface area contributed by atoms with Crippen LogP contribution in [0, 0.1) is 23.4 Å². The Morgan fingerprint density at radius 2 is 2.10 bits per heavy atom. The molecule has 2 aliphatic rings. The summed E-state index contributed by atoms with van der Waals surface area (Å²) in [5.41, 5.74) is -0.667. The molecular formula is C15H15F3O2S. The van der Waals surface area contributed by atoms with Gasteiger partial charge in [-0.05, 0) is 37.1 Å². The van der Waals surface area contributed by atoms with Crippen molar-refractivity contribution in [3.05, 3.63) is 35.1 Å². The van der Waals surface area contributed by atoms with Crippen LogP contribution in [0.1, 0.15) is 29.6 Å². The summed E-state index contributed by atoms with van der Waals surface area (Å²) in [6.07, 6.45) is 1.89. The van der Waals surface area contributed by atoms with Gasteiger partial charge in [-0.1, -0.05) is 0 Å². The second-order valence-electron chi connectivity index (χ2n) is 5.61. The Morgan fingerprint density at radius 3 is 2.81 bits per heavy atom. The number of ketones is 1. The van der Waals surface area contributed by atoms with Gasteiger partial charge in [0.15, 0.2) is 23.2 Å². The zero-order valence-corrected chi connectivity index (χ0v) is 12.1. The Balaban J connectivity index is 1.83. The van der Waals surface area contributed by atoms with Crippen molar-refractivity contribution in [2.24, 2.45) is 5.92 Å². The first-order valence-corrected chi connectivity index (χ1v) is 8.07. The number of benzene rings is 1. The summed E-state index contributed by atoms with van der Waals surface area (Å²) in [4.78, 5) is 12.4. The molecule has 0 aromatic heterocycles. The number of hydrogen-bond donors (Lipinski definition) is 0. The highest BCUT2D eigenvalue weighted by Gasteiger charge is 2.43. The highest BCUT2D eigenvalue weighted by atomic mass is 32.2. The van der Waals surface area contributed by atoms with Crippen LogP contribution < -0.4 is 0 Å². The zero-order chi connectivity index (χ0) is 15.0. The van der Waals surface area contributed by atoms with Gasteiger partial charge >= 0.3 is 0 Å². The van der Waals surface area contributed by atoms with Gasteiger partial charge < -0.3 is 4.74 Å². The minimum absolute atomic E-state index is 0.307. The molecule has 0 bridgehead atoms. The number of ether oxygens (including phenoxy) is 1. The van der Waals surface area contributed by atoms with Gasteiger partial charge in [-0.15, -0.1) is 0 Å². The van der Waals surface area contributed by atoms with E-state index in [2.05, 4.69) is 0 Å². The van der Waals surface area contributed by atoms with Gasteiger partial charge in [-0.2, -0.15) is 11.8 Å². The number of halogens is 3. The molecule has 2 fully saturated rings. The van der Waals surface area contributed by atoms with E-state index in [1.165, 1.54) is 0 Å². The summed E-state index contributed by atoms with van der Waals surface area (Å²) in [5, 5.41) is 0. The molecule has 2 atom stereocenters. The van der Waals surface area contributed by atoms with E-state index in [1.807, 2.05) is 0 Å². The number of Topliss-reactive ketones (excluding diaryl/α,β-unsaturated/α-hetero) is 1. The normalized spacial score (nSPS) is 29.0. The van der Waals surface area contributed by atoms with Crippen molar-refractivity contribution in [3.8, 4) is 0 Å². The van der Waals surface area contributed by atoms with Crippen LogP contribution in [0.3, 0.4) is 0 Å². The van der Waals surface area contributed by atoms with E-state index in [9.17, 15) is 18.0 Å². The molecule has 0 radical (unpaired) electrons. The second-order valence-corrected chi connectivity index (χ2v) is 6.72. The van der Waals surface area contributed by atoms with Crippen LogP contribution in [0.4, 0.5) is 13.2 Å². The summed E-state index contributed by atoms with van der Waals surface area (Å²) in [7, 11) is 0. The maximum Gasteiger partial charge on any atom is 0.195 e. The third-order valence-electron chi connectivity index (χ3n) is 4.23. The Labute approximate surface area is 125 Å². The van der Waals surface area contributed by atoms with Gasteiger partial charge in [-0.25, -0.2) is 13.2 Å². The number of rotatable bonds is 2. The SMILES string of the molecule is O=C(c1ccc(F)c(F)c1F)C1CCOC2(CCSC2)C1. The first-order chi connectivity index (χ1) is 10.0. The molecule has 21 heavy (non-hydrogen) atoms. The monoisotopic (exact) mass is 316 g/mol. The van der Waals surface area contributed by atoms with Crippen LogP contribution in [0.5, 0.6) is 0 Å². The number of carbonyl (C=O) groups is 1. The fraction of sp³-hybridized carbons (Fsp3) is 0.533. The first-order valence-electron chi connectivity index (χ1n) is 6.92. The van der Waals surface area contributed by atoms with E-state index in [0.29, 0.717) is 19.4 Å². The fourth-order valence-electron chi connectivity index (χ4n) is 3.05. The van der Waals surface area contributed by atoms with Crippen LogP contribution in [0.2, 0.25) is 0 Å². The van der Waals surface area contributed by atoms with Crippen molar-refractivity contribution < 1.29 is 22.7 Å². The molecule has 1 aromatic rings. The van der Waals surface area contributed by atoms with Crippen LogP contribution >= 0.6 is 11.8 Å². The van der Waals surface area contributed by atoms with Gasteiger partial charge in [0.05, 0.1) is 11.2 Å². The summed E-state index contributed by atoms with van der Waals surface area (Å²) in [5.74, 6) is -3.28. The van der Waals surface area contributed by atoms with Crippen LogP contribution in [-0.2, 0) is 4.74 Å². The van der Waals surface area contributed by atoms with E-state index < -0.39 is 29.2 Å². The standard InChI is InChI=1S/C15H15F3O2S/c16-11-2-1-10(12(17)13(11)18)14(19)9-3-5-20-15(7-9)4-6-21-8-15/h1-2,9H,3-8H2. The second kappa shape index (κ2) is 5.65. The molecule has 0 saturated carbocycles. The minimum Gasteiger partial charge on any atom is -0.374 e. The molecule has 1 aromatic carbocycles. The van der Waals surface area contributed by atoms with Crippen LogP contribution in [-0.4, -0.2) is 29.5 Å². The molecule has 2 aliphatic heterocycles. The van der Waals surface area contributed by atoms with Crippen molar-refractivity contribution in [2.45, 2.75) is 24.9 Å². The molecule has 0 N–H and O–H groups in total. The van der Waals surface area contributed by atoms with E-state index in [0.717, 1.165) is 30.1 Å². The van der Waals surface area contributed by atoms with E-state index in [4.69, 9.17) is 4.74 Å². The van der Waals surface area contributed by atoms with Crippen LogP contribution in [0.25, 0.3) is 0 Å².